The van der Waals surface area contributed by atoms with E-state index >= 15 is 0 Å². The van der Waals surface area contributed by atoms with Crippen LogP contribution < -0.4 is 0 Å². The number of aliphatic hydroxyl groups is 4. The summed E-state index contributed by atoms with van der Waals surface area (Å²) in [5.41, 5.74) is -2.17. The molecule has 0 amide bonds. The molecular formula is C21H30O6. The van der Waals surface area contributed by atoms with Crippen LogP contribution in [0.3, 0.4) is 0 Å². The van der Waals surface area contributed by atoms with E-state index in [2.05, 4.69) is 0 Å². The molecule has 0 aromatic rings. The maximum Gasteiger partial charge on any atom is 0.190 e. The summed E-state index contributed by atoms with van der Waals surface area (Å²) in [4.78, 5) is 24.3. The smallest absolute Gasteiger partial charge is 0.190 e. The van der Waals surface area contributed by atoms with Gasteiger partial charge >= 0.3 is 0 Å². The Labute approximate surface area is 159 Å². The van der Waals surface area contributed by atoms with Crippen molar-refractivity contribution in [2.75, 3.05) is 6.61 Å². The molecule has 0 saturated heterocycles. The highest BCUT2D eigenvalue weighted by atomic mass is 16.3. The van der Waals surface area contributed by atoms with Crippen molar-refractivity contribution in [3.05, 3.63) is 11.6 Å². The normalized spacial score (nSPS) is 51.9. The van der Waals surface area contributed by atoms with Crippen molar-refractivity contribution in [3.8, 4) is 0 Å². The quantitative estimate of drug-likeness (QED) is 0.564. The third-order valence-electron chi connectivity index (χ3n) is 8.67. The van der Waals surface area contributed by atoms with Gasteiger partial charge in [-0.1, -0.05) is 13.8 Å². The lowest BCUT2D eigenvalue weighted by Gasteiger charge is -2.61. The van der Waals surface area contributed by atoms with Gasteiger partial charge in [0.25, 0.3) is 0 Å². The van der Waals surface area contributed by atoms with Gasteiger partial charge in [-0.25, -0.2) is 0 Å². The molecule has 4 rings (SSSR count). The third kappa shape index (κ3) is 2.33. The monoisotopic (exact) mass is 378 g/mol. The summed E-state index contributed by atoms with van der Waals surface area (Å²) in [5.74, 6) is -0.713. The van der Waals surface area contributed by atoms with Crippen LogP contribution in [0.2, 0.25) is 0 Å². The van der Waals surface area contributed by atoms with Gasteiger partial charge in [0, 0.05) is 11.8 Å². The molecule has 6 heteroatoms. The lowest BCUT2D eigenvalue weighted by Crippen LogP contribution is -2.63. The number of hydrogen-bond acceptors (Lipinski definition) is 6. The van der Waals surface area contributed by atoms with Gasteiger partial charge < -0.3 is 20.4 Å². The fourth-order valence-electron chi connectivity index (χ4n) is 7.33. The third-order valence-corrected chi connectivity index (χ3v) is 8.67. The Morgan fingerprint density at radius 3 is 2.63 bits per heavy atom. The van der Waals surface area contributed by atoms with Gasteiger partial charge in [0.2, 0.25) is 0 Å². The van der Waals surface area contributed by atoms with Gasteiger partial charge in [-0.05, 0) is 66.9 Å². The van der Waals surface area contributed by atoms with E-state index in [0.29, 0.717) is 25.7 Å². The molecule has 4 aliphatic carbocycles. The van der Waals surface area contributed by atoms with Crippen molar-refractivity contribution in [1.82, 2.24) is 0 Å². The topological polar surface area (TPSA) is 115 Å². The van der Waals surface area contributed by atoms with Crippen LogP contribution in [-0.4, -0.2) is 56.4 Å². The number of aliphatic hydroxyl groups excluding tert-OH is 3. The minimum absolute atomic E-state index is 0.0166. The standard InChI is InChI=1S/C21H30O6/c1-19-5-3-11(23)7-14(19)15(24)8-12-13-4-6-21(27,17(26)10-22)20(13,2)9-16(25)18(12)19/h7,12-13,15-16,18,22,24-25,27H,3-6,8-10H2,1-2H3/t12?,13?,15-,16?,18?,19-,20-,21-/m0/s1. The van der Waals surface area contributed by atoms with Crippen LogP contribution in [0.25, 0.3) is 0 Å². The fraction of sp³-hybridized carbons (Fsp3) is 0.810. The lowest BCUT2D eigenvalue weighted by molar-refractivity contribution is -0.187. The van der Waals surface area contributed by atoms with Crippen LogP contribution in [0.15, 0.2) is 11.6 Å². The molecule has 0 aromatic heterocycles. The van der Waals surface area contributed by atoms with Crippen LogP contribution >= 0.6 is 0 Å². The van der Waals surface area contributed by atoms with Gasteiger partial charge in [0.05, 0.1) is 12.2 Å². The van der Waals surface area contributed by atoms with E-state index in [0.717, 1.165) is 5.57 Å². The van der Waals surface area contributed by atoms with Crippen LogP contribution in [0.1, 0.15) is 52.4 Å². The van der Waals surface area contributed by atoms with E-state index in [-0.39, 0.29) is 36.4 Å². The fourth-order valence-corrected chi connectivity index (χ4v) is 7.33. The Kier molecular flexibility index (Phi) is 4.25. The average Bonchev–Trinajstić information content (AvgIpc) is 2.87. The molecule has 0 aliphatic heterocycles. The van der Waals surface area contributed by atoms with Gasteiger partial charge in [0.15, 0.2) is 11.6 Å². The Balaban J connectivity index is 1.77. The summed E-state index contributed by atoms with van der Waals surface area (Å²) >= 11 is 0. The molecule has 0 radical (unpaired) electrons. The second-order valence-electron chi connectivity index (χ2n) is 9.70. The molecule has 4 unspecified atom stereocenters. The number of hydrogen-bond donors (Lipinski definition) is 4. The molecule has 3 fully saturated rings. The maximum atomic E-state index is 12.4. The summed E-state index contributed by atoms with van der Waals surface area (Å²) in [6.45, 7) is 3.18. The number of ketones is 2. The molecule has 0 spiro atoms. The van der Waals surface area contributed by atoms with Crippen molar-refractivity contribution in [2.24, 2.45) is 28.6 Å². The van der Waals surface area contributed by atoms with E-state index in [1.807, 2.05) is 13.8 Å². The summed E-state index contributed by atoms with van der Waals surface area (Å²) in [6.07, 6.45) is 2.75. The van der Waals surface area contributed by atoms with E-state index in [1.165, 1.54) is 0 Å². The molecule has 0 aromatic carbocycles. The number of carbonyl (C=O) groups is 2. The highest BCUT2D eigenvalue weighted by Crippen LogP contribution is 2.67. The zero-order chi connectivity index (χ0) is 19.8. The highest BCUT2D eigenvalue weighted by molar-refractivity contribution is 5.92. The first-order chi connectivity index (χ1) is 12.6. The van der Waals surface area contributed by atoms with Gasteiger partial charge in [-0.2, -0.15) is 0 Å². The van der Waals surface area contributed by atoms with Crippen molar-refractivity contribution < 1.29 is 30.0 Å². The Bertz CT molecular complexity index is 715. The number of fused-ring (bicyclic) bond motifs is 5. The van der Waals surface area contributed by atoms with Crippen LogP contribution in [-0.2, 0) is 9.59 Å². The number of carbonyl (C=O) groups excluding carboxylic acids is 2. The molecule has 8 atom stereocenters. The van der Waals surface area contributed by atoms with Crippen molar-refractivity contribution in [1.29, 1.82) is 0 Å². The van der Waals surface area contributed by atoms with E-state index < -0.39 is 41.0 Å². The van der Waals surface area contributed by atoms with Crippen LogP contribution in [0.4, 0.5) is 0 Å². The molecule has 4 aliphatic rings. The van der Waals surface area contributed by atoms with Gasteiger partial charge in [-0.3, -0.25) is 9.59 Å². The van der Waals surface area contributed by atoms with E-state index in [1.54, 1.807) is 6.08 Å². The molecule has 4 N–H and O–H groups in total. The minimum atomic E-state index is -1.64. The summed E-state index contributed by atoms with van der Waals surface area (Å²) < 4.78 is 0. The van der Waals surface area contributed by atoms with E-state index in [4.69, 9.17) is 0 Å². The lowest BCUT2D eigenvalue weighted by atomic mass is 9.45. The summed E-state index contributed by atoms with van der Waals surface area (Å²) in [6, 6.07) is 0. The molecule has 150 valence electrons. The van der Waals surface area contributed by atoms with Crippen molar-refractivity contribution >= 4 is 11.6 Å². The van der Waals surface area contributed by atoms with Crippen molar-refractivity contribution in [2.45, 2.75) is 70.2 Å². The highest BCUT2D eigenvalue weighted by Gasteiger charge is 2.68. The largest absolute Gasteiger partial charge is 0.393 e. The molecule has 6 nitrogen and oxygen atoms in total. The minimum Gasteiger partial charge on any atom is -0.393 e. The Morgan fingerprint density at radius 1 is 1.26 bits per heavy atom. The first kappa shape index (κ1) is 19.2. The van der Waals surface area contributed by atoms with Crippen LogP contribution in [0.5, 0.6) is 0 Å². The predicted octanol–water partition coefficient (Wildman–Crippen LogP) is 0.752. The number of Topliss-reactive ketones (excluding diaryl/α,β-unsaturated/α-hetero) is 1. The Hall–Kier alpha value is -1.08. The average molecular weight is 378 g/mol. The molecule has 0 bridgehead atoms. The first-order valence-electron chi connectivity index (χ1n) is 10.1. The number of rotatable bonds is 2. The van der Waals surface area contributed by atoms with Gasteiger partial charge in [-0.15, -0.1) is 0 Å². The second-order valence-corrected chi connectivity index (χ2v) is 9.70. The predicted molar refractivity (Wildman–Crippen MR) is 96.5 cm³/mol. The first-order valence-corrected chi connectivity index (χ1v) is 10.1. The zero-order valence-electron chi connectivity index (χ0n) is 16.0. The molecule has 0 heterocycles. The van der Waals surface area contributed by atoms with E-state index in [9.17, 15) is 30.0 Å². The molecule has 27 heavy (non-hydrogen) atoms. The SMILES string of the molecule is C[C@]12CCC(=O)C=C1[C@@H](O)CC1C2C(O)C[C@@]2(C)C1CC[C@]2(O)C(=O)CO. The summed E-state index contributed by atoms with van der Waals surface area (Å²) in [5, 5.41) is 42.6. The molecular weight excluding hydrogens is 348 g/mol. The molecule has 3 saturated carbocycles. The zero-order valence-corrected chi connectivity index (χ0v) is 16.0. The second kappa shape index (κ2) is 5.96. The Morgan fingerprint density at radius 2 is 1.96 bits per heavy atom. The summed E-state index contributed by atoms with van der Waals surface area (Å²) in [7, 11) is 0. The maximum absolute atomic E-state index is 12.4. The van der Waals surface area contributed by atoms with Gasteiger partial charge in [0.1, 0.15) is 12.2 Å². The van der Waals surface area contributed by atoms with Crippen molar-refractivity contribution in [3.63, 3.8) is 0 Å². The van der Waals surface area contributed by atoms with Crippen LogP contribution in [0, 0.1) is 28.6 Å².